The van der Waals surface area contributed by atoms with Crippen LogP contribution in [0.25, 0.3) is 0 Å². The van der Waals surface area contributed by atoms with E-state index in [1.807, 2.05) is 0 Å². The van der Waals surface area contributed by atoms with Gasteiger partial charge in [0, 0.05) is 6.54 Å². The maximum atomic E-state index is 13.3. The Balaban J connectivity index is 2.02. The molecule has 0 aromatic heterocycles. The lowest BCUT2D eigenvalue weighted by molar-refractivity contribution is 0.475. The van der Waals surface area contributed by atoms with E-state index in [-0.39, 0.29) is 11.6 Å². The average Bonchev–Trinajstić information content (AvgIpc) is 2.30. The highest BCUT2D eigenvalue weighted by Crippen LogP contribution is 2.15. The third-order valence-electron chi connectivity index (χ3n) is 2.29. The molecule has 0 fully saturated rings. The summed E-state index contributed by atoms with van der Waals surface area (Å²) in [6.07, 6.45) is 0. The van der Waals surface area contributed by atoms with Gasteiger partial charge in [0.05, 0.1) is 5.69 Å². The lowest BCUT2D eigenvalue weighted by Gasteiger charge is -2.07. The van der Waals surface area contributed by atoms with Gasteiger partial charge in [-0.25, -0.2) is 4.39 Å². The predicted molar refractivity (Wildman–Crippen MR) is 61.8 cm³/mol. The fourth-order valence-electron chi connectivity index (χ4n) is 1.42. The smallest absolute Gasteiger partial charge is 0.146 e. The zero-order valence-corrected chi connectivity index (χ0v) is 8.65. The van der Waals surface area contributed by atoms with Gasteiger partial charge in [0.1, 0.15) is 11.6 Å². The quantitative estimate of drug-likeness (QED) is 0.827. The third-order valence-corrected chi connectivity index (χ3v) is 2.29. The van der Waals surface area contributed by atoms with Crippen LogP contribution in [-0.4, -0.2) is 5.11 Å². The van der Waals surface area contributed by atoms with Crippen LogP contribution in [-0.2, 0) is 6.54 Å². The first-order valence-corrected chi connectivity index (χ1v) is 5.02. The van der Waals surface area contributed by atoms with Gasteiger partial charge in [0.25, 0.3) is 0 Å². The molecule has 0 aliphatic rings. The number of aromatic hydroxyl groups is 1. The minimum absolute atomic E-state index is 0.231. The number of phenolic OH excluding ortho intramolecular Hbond substituents is 1. The number of hydrogen-bond acceptors (Lipinski definition) is 2. The molecule has 3 heteroatoms. The molecule has 0 saturated heterocycles. The fourth-order valence-corrected chi connectivity index (χ4v) is 1.42. The maximum Gasteiger partial charge on any atom is 0.146 e. The van der Waals surface area contributed by atoms with Gasteiger partial charge in [0.2, 0.25) is 0 Å². The van der Waals surface area contributed by atoms with Gasteiger partial charge >= 0.3 is 0 Å². The maximum absolute atomic E-state index is 13.3. The van der Waals surface area contributed by atoms with Crippen molar-refractivity contribution in [2.75, 3.05) is 5.32 Å². The minimum Gasteiger partial charge on any atom is -0.508 e. The molecule has 0 aliphatic carbocycles. The van der Waals surface area contributed by atoms with Gasteiger partial charge in [-0.05, 0) is 29.8 Å². The molecule has 2 nitrogen and oxygen atoms in total. The number of benzene rings is 2. The Morgan fingerprint density at radius 3 is 2.38 bits per heavy atom. The first kappa shape index (κ1) is 10.5. The number of halogens is 1. The molecule has 0 bridgehead atoms. The molecule has 0 saturated carbocycles. The first-order valence-electron chi connectivity index (χ1n) is 5.02. The zero-order chi connectivity index (χ0) is 11.4. The Morgan fingerprint density at radius 2 is 1.69 bits per heavy atom. The van der Waals surface area contributed by atoms with Crippen molar-refractivity contribution in [1.82, 2.24) is 0 Å². The van der Waals surface area contributed by atoms with Crippen LogP contribution in [0.1, 0.15) is 5.56 Å². The third kappa shape index (κ3) is 2.51. The van der Waals surface area contributed by atoms with Crippen LogP contribution in [0.2, 0.25) is 0 Å². The highest BCUT2D eigenvalue weighted by atomic mass is 19.1. The van der Waals surface area contributed by atoms with Crippen LogP contribution in [0.15, 0.2) is 48.5 Å². The van der Waals surface area contributed by atoms with Crippen LogP contribution in [0, 0.1) is 5.82 Å². The number of phenols is 1. The second kappa shape index (κ2) is 4.66. The highest BCUT2D eigenvalue weighted by molar-refractivity contribution is 5.45. The van der Waals surface area contributed by atoms with Crippen LogP contribution in [0.4, 0.5) is 10.1 Å². The molecule has 0 heterocycles. The first-order chi connectivity index (χ1) is 7.75. The Hall–Kier alpha value is -2.03. The lowest BCUT2D eigenvalue weighted by atomic mass is 10.2. The summed E-state index contributed by atoms with van der Waals surface area (Å²) in [4.78, 5) is 0. The van der Waals surface area contributed by atoms with E-state index in [9.17, 15) is 4.39 Å². The molecular weight excluding hydrogens is 205 g/mol. The number of anilines is 1. The van der Waals surface area contributed by atoms with E-state index in [1.165, 1.54) is 6.07 Å². The Kier molecular flexibility index (Phi) is 3.05. The van der Waals surface area contributed by atoms with E-state index < -0.39 is 0 Å². The molecule has 0 spiro atoms. The zero-order valence-electron chi connectivity index (χ0n) is 8.65. The number of para-hydroxylation sites is 1. The van der Waals surface area contributed by atoms with Crippen LogP contribution >= 0.6 is 0 Å². The van der Waals surface area contributed by atoms with Crippen molar-refractivity contribution in [2.45, 2.75) is 6.54 Å². The molecule has 2 aromatic carbocycles. The summed E-state index contributed by atoms with van der Waals surface area (Å²) in [6.45, 7) is 0.529. The van der Waals surface area contributed by atoms with Gasteiger partial charge in [0.15, 0.2) is 0 Å². The number of rotatable bonds is 3. The standard InChI is InChI=1S/C13H12FNO/c14-12-3-1-2-4-13(12)15-9-10-5-7-11(16)8-6-10/h1-8,15-16H,9H2. The minimum atomic E-state index is -0.263. The number of hydrogen-bond donors (Lipinski definition) is 2. The predicted octanol–water partition coefficient (Wildman–Crippen LogP) is 3.14. The van der Waals surface area contributed by atoms with Crippen molar-refractivity contribution in [1.29, 1.82) is 0 Å². The summed E-state index contributed by atoms with van der Waals surface area (Å²) in [5, 5.41) is 12.1. The summed E-state index contributed by atoms with van der Waals surface area (Å²) in [6, 6.07) is 13.3. The van der Waals surface area contributed by atoms with E-state index in [4.69, 9.17) is 5.11 Å². The molecule has 0 amide bonds. The normalized spacial score (nSPS) is 10.1. The molecule has 16 heavy (non-hydrogen) atoms. The molecule has 2 aromatic rings. The monoisotopic (exact) mass is 217 g/mol. The van der Waals surface area contributed by atoms with E-state index in [0.717, 1.165) is 5.56 Å². The van der Waals surface area contributed by atoms with Gasteiger partial charge < -0.3 is 10.4 Å². The second-order valence-electron chi connectivity index (χ2n) is 3.50. The SMILES string of the molecule is Oc1ccc(CNc2ccccc2F)cc1. The molecule has 2 rings (SSSR count). The van der Waals surface area contributed by atoms with Crippen molar-refractivity contribution in [3.63, 3.8) is 0 Å². The molecule has 0 radical (unpaired) electrons. The van der Waals surface area contributed by atoms with Gasteiger partial charge in [-0.15, -0.1) is 0 Å². The van der Waals surface area contributed by atoms with E-state index in [2.05, 4.69) is 5.32 Å². The highest BCUT2D eigenvalue weighted by Gasteiger charge is 1.99. The second-order valence-corrected chi connectivity index (χ2v) is 3.50. The average molecular weight is 217 g/mol. The Bertz CT molecular complexity index is 468. The van der Waals surface area contributed by atoms with Gasteiger partial charge in [-0.3, -0.25) is 0 Å². The van der Waals surface area contributed by atoms with Crippen LogP contribution < -0.4 is 5.32 Å². The van der Waals surface area contributed by atoms with Crippen molar-refractivity contribution in [2.24, 2.45) is 0 Å². The summed E-state index contributed by atoms with van der Waals surface area (Å²) < 4.78 is 13.3. The molecule has 0 aliphatic heterocycles. The summed E-state index contributed by atoms with van der Waals surface area (Å²) in [7, 11) is 0. The Labute approximate surface area is 93.4 Å². The van der Waals surface area contributed by atoms with Crippen molar-refractivity contribution < 1.29 is 9.50 Å². The molecule has 2 N–H and O–H groups in total. The van der Waals surface area contributed by atoms with Crippen LogP contribution in [0.3, 0.4) is 0 Å². The van der Waals surface area contributed by atoms with Crippen molar-refractivity contribution in [3.8, 4) is 5.75 Å². The molecule has 82 valence electrons. The lowest BCUT2D eigenvalue weighted by Crippen LogP contribution is -2.00. The summed E-state index contributed by atoms with van der Waals surface area (Å²) >= 11 is 0. The van der Waals surface area contributed by atoms with Crippen LogP contribution in [0.5, 0.6) is 5.75 Å². The Morgan fingerprint density at radius 1 is 1.00 bits per heavy atom. The summed E-state index contributed by atoms with van der Waals surface area (Å²) in [5.74, 6) is -0.0316. The van der Waals surface area contributed by atoms with E-state index in [1.54, 1.807) is 42.5 Å². The summed E-state index contributed by atoms with van der Waals surface area (Å²) in [5.41, 5.74) is 1.47. The van der Waals surface area contributed by atoms with E-state index in [0.29, 0.717) is 12.2 Å². The topological polar surface area (TPSA) is 32.3 Å². The largest absolute Gasteiger partial charge is 0.508 e. The van der Waals surface area contributed by atoms with Crippen molar-refractivity contribution >= 4 is 5.69 Å². The molecular formula is C13H12FNO. The fraction of sp³-hybridized carbons (Fsp3) is 0.0769. The molecule has 0 unspecified atom stereocenters. The number of nitrogens with one attached hydrogen (secondary N) is 1. The van der Waals surface area contributed by atoms with Gasteiger partial charge in [-0.1, -0.05) is 24.3 Å². The molecule has 0 atom stereocenters. The van der Waals surface area contributed by atoms with Crippen molar-refractivity contribution in [3.05, 3.63) is 59.9 Å². The van der Waals surface area contributed by atoms with E-state index >= 15 is 0 Å². The van der Waals surface area contributed by atoms with Gasteiger partial charge in [-0.2, -0.15) is 0 Å².